The number of rotatable bonds is 1. The number of hydrogen-bond donors (Lipinski definition) is 0. The van der Waals surface area contributed by atoms with E-state index in [0.717, 1.165) is 12.2 Å². The molecular formula is C9H14O2. The molecule has 1 aliphatic rings. The van der Waals surface area contributed by atoms with Crippen LogP contribution in [0, 0.1) is 5.92 Å². The van der Waals surface area contributed by atoms with Crippen molar-refractivity contribution < 1.29 is 9.53 Å². The van der Waals surface area contributed by atoms with Crippen molar-refractivity contribution in [2.45, 2.75) is 33.3 Å². The first kappa shape index (κ1) is 8.31. The fourth-order valence-electron chi connectivity index (χ4n) is 1.21. The third-order valence-electron chi connectivity index (χ3n) is 2.03. The second kappa shape index (κ2) is 3.07. The van der Waals surface area contributed by atoms with Gasteiger partial charge >= 0.3 is 0 Å². The topological polar surface area (TPSA) is 26.3 Å². The number of carbonyl (C=O) groups is 1. The minimum absolute atomic E-state index is 0.0706. The van der Waals surface area contributed by atoms with Crippen molar-refractivity contribution in [1.29, 1.82) is 0 Å². The highest BCUT2D eigenvalue weighted by Crippen LogP contribution is 2.28. The van der Waals surface area contributed by atoms with Crippen LogP contribution in [0.5, 0.6) is 0 Å². The maximum Gasteiger partial charge on any atom is 0.155 e. The zero-order valence-corrected chi connectivity index (χ0v) is 7.26. The average molecular weight is 154 g/mol. The molecule has 11 heavy (non-hydrogen) atoms. The quantitative estimate of drug-likeness (QED) is 0.539. The number of carbonyl (C=O) groups excluding carboxylic acids is 1. The molecule has 1 rings (SSSR count). The van der Waals surface area contributed by atoms with E-state index in [-0.39, 0.29) is 11.9 Å². The van der Waals surface area contributed by atoms with Crippen LogP contribution < -0.4 is 0 Å². The number of ketones is 1. The summed E-state index contributed by atoms with van der Waals surface area (Å²) >= 11 is 0. The minimum Gasteiger partial charge on any atom is -0.495 e. The Hall–Kier alpha value is -0.790. The first-order valence-electron chi connectivity index (χ1n) is 3.97. The predicted octanol–water partition coefficient (Wildman–Crippen LogP) is 1.90. The molecule has 1 fully saturated rings. The summed E-state index contributed by atoms with van der Waals surface area (Å²) in [4.78, 5) is 10.7. The highest BCUT2D eigenvalue weighted by molar-refractivity contribution is 5.87. The van der Waals surface area contributed by atoms with Crippen molar-refractivity contribution in [1.82, 2.24) is 0 Å². The summed E-state index contributed by atoms with van der Waals surface area (Å²) in [7, 11) is 0. The Bertz CT molecular complexity index is 182. The molecule has 62 valence electrons. The lowest BCUT2D eigenvalue weighted by Gasteiger charge is -2.05. The maximum absolute atomic E-state index is 10.7. The Morgan fingerprint density at radius 2 is 2.27 bits per heavy atom. The lowest BCUT2D eigenvalue weighted by Crippen LogP contribution is -2.05. The molecule has 0 saturated carbocycles. The van der Waals surface area contributed by atoms with Gasteiger partial charge in [-0.3, -0.25) is 4.79 Å². The third kappa shape index (κ3) is 2.07. The van der Waals surface area contributed by atoms with Crippen LogP contribution in [0.1, 0.15) is 27.2 Å². The second-order valence-corrected chi connectivity index (χ2v) is 3.23. The zero-order chi connectivity index (χ0) is 8.43. The summed E-state index contributed by atoms with van der Waals surface area (Å²) in [5, 5.41) is 0. The van der Waals surface area contributed by atoms with Crippen LogP contribution in [0.15, 0.2) is 11.8 Å². The maximum atomic E-state index is 10.7. The number of hydrogen-bond acceptors (Lipinski definition) is 2. The van der Waals surface area contributed by atoms with Crippen LogP contribution in [-0.4, -0.2) is 11.9 Å². The van der Waals surface area contributed by atoms with Crippen LogP contribution in [0.3, 0.4) is 0 Å². The van der Waals surface area contributed by atoms with Gasteiger partial charge in [0.15, 0.2) is 5.78 Å². The predicted molar refractivity (Wildman–Crippen MR) is 43.1 cm³/mol. The van der Waals surface area contributed by atoms with Gasteiger partial charge in [-0.1, -0.05) is 6.92 Å². The molecule has 2 heteroatoms. The number of ether oxygens (including phenoxy) is 1. The summed E-state index contributed by atoms with van der Waals surface area (Å²) in [6, 6.07) is 0. The van der Waals surface area contributed by atoms with Gasteiger partial charge in [0, 0.05) is 12.5 Å². The molecule has 0 unspecified atom stereocenters. The molecule has 0 aliphatic carbocycles. The standard InChI is InChI=1S/C9H14O2/c1-6-4-9(5-7(2)10)11-8(6)3/h5-6,8H,4H2,1-3H3/b9-5+/t6-,8-/m0/s1. The van der Waals surface area contributed by atoms with Crippen molar-refractivity contribution in [3.05, 3.63) is 11.8 Å². The van der Waals surface area contributed by atoms with Gasteiger partial charge in [0.2, 0.25) is 0 Å². The van der Waals surface area contributed by atoms with E-state index in [1.165, 1.54) is 0 Å². The molecular weight excluding hydrogens is 140 g/mol. The third-order valence-corrected chi connectivity index (χ3v) is 2.03. The fraction of sp³-hybridized carbons (Fsp3) is 0.667. The molecule has 2 atom stereocenters. The minimum atomic E-state index is 0.0706. The van der Waals surface area contributed by atoms with Gasteiger partial charge in [0.25, 0.3) is 0 Å². The van der Waals surface area contributed by atoms with Crippen LogP contribution in [0.25, 0.3) is 0 Å². The van der Waals surface area contributed by atoms with Crippen LogP contribution in [0.2, 0.25) is 0 Å². The molecule has 0 spiro atoms. The van der Waals surface area contributed by atoms with E-state index < -0.39 is 0 Å². The summed E-state index contributed by atoms with van der Waals surface area (Å²) in [5.74, 6) is 1.46. The van der Waals surface area contributed by atoms with E-state index in [0.29, 0.717) is 5.92 Å². The molecule has 0 aromatic heterocycles. The SMILES string of the molecule is CC(=O)/C=C1\C[C@H](C)[C@H](C)O1. The van der Waals surface area contributed by atoms with Gasteiger partial charge in [-0.25, -0.2) is 0 Å². The Morgan fingerprint density at radius 3 is 2.64 bits per heavy atom. The summed E-state index contributed by atoms with van der Waals surface area (Å²) in [6.45, 7) is 5.71. The normalized spacial score (nSPS) is 33.9. The lowest BCUT2D eigenvalue weighted by molar-refractivity contribution is -0.112. The molecule has 0 N–H and O–H groups in total. The zero-order valence-electron chi connectivity index (χ0n) is 7.26. The van der Waals surface area contributed by atoms with Crippen molar-refractivity contribution in [3.63, 3.8) is 0 Å². The van der Waals surface area contributed by atoms with Gasteiger partial charge in [-0.2, -0.15) is 0 Å². The van der Waals surface area contributed by atoms with Crippen LogP contribution in [0.4, 0.5) is 0 Å². The van der Waals surface area contributed by atoms with E-state index in [4.69, 9.17) is 4.74 Å². The highest BCUT2D eigenvalue weighted by Gasteiger charge is 2.24. The average Bonchev–Trinajstić information content (AvgIpc) is 2.10. The van der Waals surface area contributed by atoms with Gasteiger partial charge in [0.05, 0.1) is 6.10 Å². The van der Waals surface area contributed by atoms with Crippen molar-refractivity contribution in [3.8, 4) is 0 Å². The highest BCUT2D eigenvalue weighted by atomic mass is 16.5. The molecule has 0 aromatic rings. The van der Waals surface area contributed by atoms with E-state index in [9.17, 15) is 4.79 Å². The van der Waals surface area contributed by atoms with E-state index >= 15 is 0 Å². The van der Waals surface area contributed by atoms with E-state index in [1.54, 1.807) is 13.0 Å². The summed E-state index contributed by atoms with van der Waals surface area (Å²) in [6.07, 6.45) is 2.75. The Balaban J connectivity index is 2.60. The molecule has 1 aliphatic heterocycles. The molecule has 0 amide bonds. The summed E-state index contributed by atoms with van der Waals surface area (Å²) in [5.41, 5.74) is 0. The van der Waals surface area contributed by atoms with Gasteiger partial charge in [0.1, 0.15) is 5.76 Å². The number of allylic oxidation sites excluding steroid dienone is 2. The smallest absolute Gasteiger partial charge is 0.155 e. The Morgan fingerprint density at radius 1 is 1.64 bits per heavy atom. The van der Waals surface area contributed by atoms with E-state index in [1.807, 2.05) is 6.92 Å². The Kier molecular flexibility index (Phi) is 2.32. The summed E-state index contributed by atoms with van der Waals surface area (Å²) < 4.78 is 5.42. The van der Waals surface area contributed by atoms with Crippen molar-refractivity contribution in [2.24, 2.45) is 5.92 Å². The van der Waals surface area contributed by atoms with E-state index in [2.05, 4.69) is 6.92 Å². The molecule has 2 nitrogen and oxygen atoms in total. The van der Waals surface area contributed by atoms with Crippen molar-refractivity contribution in [2.75, 3.05) is 0 Å². The van der Waals surface area contributed by atoms with Gasteiger partial charge in [-0.05, 0) is 19.8 Å². The first-order chi connectivity index (χ1) is 5.09. The first-order valence-corrected chi connectivity index (χ1v) is 3.97. The van der Waals surface area contributed by atoms with Crippen LogP contribution >= 0.6 is 0 Å². The monoisotopic (exact) mass is 154 g/mol. The Labute approximate surface area is 67.2 Å². The fourth-order valence-corrected chi connectivity index (χ4v) is 1.21. The van der Waals surface area contributed by atoms with Crippen LogP contribution in [-0.2, 0) is 9.53 Å². The molecule has 0 bridgehead atoms. The van der Waals surface area contributed by atoms with Gasteiger partial charge < -0.3 is 4.74 Å². The van der Waals surface area contributed by atoms with Gasteiger partial charge in [-0.15, -0.1) is 0 Å². The molecule has 1 heterocycles. The largest absolute Gasteiger partial charge is 0.495 e. The molecule has 1 saturated heterocycles. The second-order valence-electron chi connectivity index (χ2n) is 3.23. The lowest BCUT2D eigenvalue weighted by atomic mass is 10.0. The van der Waals surface area contributed by atoms with Crippen molar-refractivity contribution >= 4 is 5.78 Å². The molecule has 0 radical (unpaired) electrons. The molecule has 0 aromatic carbocycles.